The second kappa shape index (κ2) is 12.1. The van der Waals surface area contributed by atoms with Gasteiger partial charge in [0.05, 0.1) is 0 Å². The minimum Gasteiger partial charge on any atom is -0.427 e. The van der Waals surface area contributed by atoms with E-state index >= 15 is 0 Å². The van der Waals surface area contributed by atoms with Crippen LogP contribution in [0.2, 0.25) is 0 Å². The number of esters is 1. The van der Waals surface area contributed by atoms with E-state index in [1.807, 2.05) is 24.3 Å². The molecule has 4 aromatic rings. The highest BCUT2D eigenvalue weighted by atomic mass is 32.2. The first kappa shape index (κ1) is 23.7. The van der Waals surface area contributed by atoms with Gasteiger partial charge in [0.1, 0.15) is 5.75 Å². The summed E-state index contributed by atoms with van der Waals surface area (Å²) in [5, 5.41) is 0. The number of nitrogens with zero attached hydrogens (tertiary/aromatic N) is 1. The molecule has 0 heterocycles. The molecule has 0 aliphatic carbocycles. The summed E-state index contributed by atoms with van der Waals surface area (Å²) < 4.78 is 5.14. The monoisotopic (exact) mass is 467 g/mol. The number of anilines is 1. The van der Waals surface area contributed by atoms with E-state index in [4.69, 9.17) is 4.74 Å². The van der Waals surface area contributed by atoms with Crippen LogP contribution < -0.4 is 9.64 Å². The molecule has 4 aromatic carbocycles. The summed E-state index contributed by atoms with van der Waals surface area (Å²) in [4.78, 5) is 15.9. The van der Waals surface area contributed by atoms with Gasteiger partial charge in [-0.1, -0.05) is 78.5 Å². The lowest BCUT2D eigenvalue weighted by molar-refractivity contribution is -0.131. The third-order valence-electron chi connectivity index (χ3n) is 5.53. The largest absolute Gasteiger partial charge is 0.427 e. The third-order valence-corrected chi connectivity index (χ3v) is 6.53. The fourth-order valence-electron chi connectivity index (χ4n) is 3.81. The number of ether oxygens (including phenoxy) is 1. The maximum Gasteiger partial charge on any atom is 0.308 e. The Kier molecular flexibility index (Phi) is 8.42. The van der Waals surface area contributed by atoms with Crippen molar-refractivity contribution in [3.05, 3.63) is 120 Å². The zero-order valence-electron chi connectivity index (χ0n) is 19.4. The fourth-order valence-corrected chi connectivity index (χ4v) is 4.68. The van der Waals surface area contributed by atoms with Crippen LogP contribution in [0.5, 0.6) is 5.75 Å². The van der Waals surface area contributed by atoms with Crippen molar-refractivity contribution >= 4 is 23.4 Å². The Bertz CT molecular complexity index is 1130. The van der Waals surface area contributed by atoms with E-state index in [2.05, 4.69) is 89.8 Å². The van der Waals surface area contributed by atoms with E-state index in [-0.39, 0.29) is 5.97 Å². The first-order valence-corrected chi connectivity index (χ1v) is 12.4. The van der Waals surface area contributed by atoms with Gasteiger partial charge < -0.3 is 9.64 Å². The lowest BCUT2D eigenvalue weighted by Gasteiger charge is -2.26. The van der Waals surface area contributed by atoms with Gasteiger partial charge in [0.2, 0.25) is 0 Å². The molecule has 0 amide bonds. The first-order chi connectivity index (χ1) is 16.7. The molecule has 34 heavy (non-hydrogen) atoms. The average Bonchev–Trinajstić information content (AvgIpc) is 2.86. The Morgan fingerprint density at radius 3 is 1.85 bits per heavy atom. The van der Waals surface area contributed by atoms with Crippen LogP contribution in [-0.4, -0.2) is 19.1 Å². The van der Waals surface area contributed by atoms with Gasteiger partial charge in [-0.05, 0) is 66.4 Å². The van der Waals surface area contributed by atoms with E-state index in [1.165, 1.54) is 28.6 Å². The zero-order chi connectivity index (χ0) is 23.6. The van der Waals surface area contributed by atoms with Gasteiger partial charge in [-0.3, -0.25) is 4.79 Å². The van der Waals surface area contributed by atoms with Crippen molar-refractivity contribution in [2.45, 2.75) is 29.6 Å². The number of carbonyl (C=O) groups excluding carboxylic acids is 1. The molecule has 0 atom stereocenters. The molecule has 4 heteroatoms. The Morgan fingerprint density at radius 2 is 1.29 bits per heavy atom. The molecule has 0 saturated heterocycles. The Morgan fingerprint density at radius 1 is 0.706 bits per heavy atom. The highest BCUT2D eigenvalue weighted by Gasteiger charge is 2.09. The molecule has 0 bridgehead atoms. The number of carbonyl (C=O) groups is 1. The molecule has 0 unspecified atom stereocenters. The smallest absolute Gasteiger partial charge is 0.308 e. The molecule has 0 fully saturated rings. The summed E-state index contributed by atoms with van der Waals surface area (Å²) in [5.74, 6) is 0.262. The van der Waals surface area contributed by atoms with Gasteiger partial charge in [-0.15, -0.1) is 0 Å². The molecule has 0 saturated carbocycles. The van der Waals surface area contributed by atoms with Crippen molar-refractivity contribution in [2.24, 2.45) is 0 Å². The first-order valence-electron chi connectivity index (χ1n) is 11.5. The third kappa shape index (κ3) is 7.26. The molecule has 0 N–H and O–H groups in total. The summed E-state index contributed by atoms with van der Waals surface area (Å²) in [6.07, 6.45) is 2.01. The standard InChI is InChI=1S/C30H29NO2S/c1-24(32)33-28-15-17-29(18-16-28)34-30-14-8-13-27(23-30)31(21-19-25-9-4-2-5-10-25)22-20-26-11-6-3-7-12-26/h2-18,23H,19-22H2,1H3. The predicted molar refractivity (Wildman–Crippen MR) is 141 cm³/mol. The molecular formula is C30H29NO2S. The molecular weight excluding hydrogens is 438 g/mol. The topological polar surface area (TPSA) is 29.5 Å². The summed E-state index contributed by atoms with van der Waals surface area (Å²) in [5.41, 5.74) is 3.93. The number of hydrogen-bond acceptors (Lipinski definition) is 4. The molecule has 4 rings (SSSR count). The van der Waals surface area contributed by atoms with Crippen LogP contribution in [0.3, 0.4) is 0 Å². The van der Waals surface area contributed by atoms with Gasteiger partial charge in [0, 0.05) is 35.5 Å². The molecule has 0 aliphatic heterocycles. The SMILES string of the molecule is CC(=O)Oc1ccc(Sc2cccc(N(CCc3ccccc3)CCc3ccccc3)c2)cc1. The van der Waals surface area contributed by atoms with Gasteiger partial charge >= 0.3 is 5.97 Å². The van der Waals surface area contributed by atoms with Crippen LogP contribution in [0.4, 0.5) is 5.69 Å². The second-order valence-corrected chi connectivity index (χ2v) is 9.27. The summed E-state index contributed by atoms with van der Waals surface area (Å²) in [7, 11) is 0. The van der Waals surface area contributed by atoms with E-state index < -0.39 is 0 Å². The highest BCUT2D eigenvalue weighted by molar-refractivity contribution is 7.99. The van der Waals surface area contributed by atoms with Gasteiger partial charge in [-0.25, -0.2) is 0 Å². The Labute approximate surface area is 206 Å². The van der Waals surface area contributed by atoms with Crippen LogP contribution in [0.25, 0.3) is 0 Å². The quantitative estimate of drug-likeness (QED) is 0.185. The molecule has 0 spiro atoms. The van der Waals surface area contributed by atoms with Crippen molar-refractivity contribution < 1.29 is 9.53 Å². The Balaban J connectivity index is 1.48. The van der Waals surface area contributed by atoms with Crippen LogP contribution in [0, 0.1) is 0 Å². The van der Waals surface area contributed by atoms with Gasteiger partial charge in [-0.2, -0.15) is 0 Å². The molecule has 0 radical (unpaired) electrons. The number of hydrogen-bond donors (Lipinski definition) is 0. The van der Waals surface area contributed by atoms with Crippen LogP contribution in [0.15, 0.2) is 119 Å². The van der Waals surface area contributed by atoms with E-state index in [0.717, 1.165) is 30.8 Å². The van der Waals surface area contributed by atoms with Crippen LogP contribution in [-0.2, 0) is 17.6 Å². The van der Waals surface area contributed by atoms with E-state index in [9.17, 15) is 4.79 Å². The van der Waals surface area contributed by atoms with Crippen molar-refractivity contribution in [3.63, 3.8) is 0 Å². The van der Waals surface area contributed by atoms with Crippen LogP contribution >= 0.6 is 11.8 Å². The zero-order valence-corrected chi connectivity index (χ0v) is 20.2. The number of benzene rings is 4. The fraction of sp³-hybridized carbons (Fsp3) is 0.167. The van der Waals surface area contributed by atoms with Crippen molar-refractivity contribution in [2.75, 3.05) is 18.0 Å². The second-order valence-electron chi connectivity index (χ2n) is 8.12. The normalized spacial score (nSPS) is 10.6. The Hall–Kier alpha value is -3.50. The summed E-state index contributed by atoms with van der Waals surface area (Å²) >= 11 is 1.71. The summed E-state index contributed by atoms with van der Waals surface area (Å²) in [6, 6.07) is 37.7. The van der Waals surface area contributed by atoms with Gasteiger partial charge in [0.25, 0.3) is 0 Å². The maximum absolute atomic E-state index is 11.1. The summed E-state index contributed by atoms with van der Waals surface area (Å²) in [6.45, 7) is 3.33. The van der Waals surface area contributed by atoms with Crippen molar-refractivity contribution in [1.82, 2.24) is 0 Å². The molecule has 0 aliphatic rings. The number of rotatable bonds is 10. The van der Waals surface area contributed by atoms with E-state index in [0.29, 0.717) is 5.75 Å². The van der Waals surface area contributed by atoms with Gasteiger partial charge in [0.15, 0.2) is 0 Å². The maximum atomic E-state index is 11.1. The minimum atomic E-state index is -0.306. The van der Waals surface area contributed by atoms with Crippen LogP contribution in [0.1, 0.15) is 18.1 Å². The van der Waals surface area contributed by atoms with Crippen molar-refractivity contribution in [3.8, 4) is 5.75 Å². The van der Waals surface area contributed by atoms with E-state index in [1.54, 1.807) is 11.8 Å². The minimum absolute atomic E-state index is 0.306. The lowest BCUT2D eigenvalue weighted by atomic mass is 10.1. The molecule has 3 nitrogen and oxygen atoms in total. The van der Waals surface area contributed by atoms with Crippen molar-refractivity contribution in [1.29, 1.82) is 0 Å². The molecule has 172 valence electrons. The lowest BCUT2D eigenvalue weighted by Crippen LogP contribution is -2.28. The predicted octanol–water partition coefficient (Wildman–Crippen LogP) is 7.05. The average molecular weight is 468 g/mol. The molecule has 0 aromatic heterocycles. The highest BCUT2D eigenvalue weighted by Crippen LogP contribution is 2.31.